The van der Waals surface area contributed by atoms with Crippen LogP contribution in [-0.4, -0.2) is 34.0 Å². The van der Waals surface area contributed by atoms with Crippen LogP contribution in [0.25, 0.3) is 0 Å². The van der Waals surface area contributed by atoms with Gasteiger partial charge in [-0.05, 0) is 47.4 Å². The Morgan fingerprint density at radius 2 is 1.51 bits per heavy atom. The van der Waals surface area contributed by atoms with Crippen molar-refractivity contribution < 1.29 is 9.90 Å². The number of carbonyl (C=O) groups excluding carboxylic acids is 1. The number of nitrogens with one attached hydrogen (secondary N) is 1. The lowest BCUT2D eigenvalue weighted by Gasteiger charge is -2.25. The summed E-state index contributed by atoms with van der Waals surface area (Å²) in [5.74, 6) is -0.0830. The Hall–Kier alpha value is -3.80. The minimum absolute atomic E-state index is 0.0830. The number of hydrogen-bond donors (Lipinski definition) is 2. The smallest absolute Gasteiger partial charge is 0.230 e. The van der Waals surface area contributed by atoms with E-state index >= 15 is 0 Å². The maximum absolute atomic E-state index is 12.3. The minimum atomic E-state index is -0.545. The predicted molar refractivity (Wildman–Crippen MR) is 140 cm³/mol. The third-order valence-electron chi connectivity index (χ3n) is 5.89. The minimum Gasteiger partial charge on any atom is -0.387 e. The zero-order valence-corrected chi connectivity index (χ0v) is 19.8. The van der Waals surface area contributed by atoms with Gasteiger partial charge in [-0.15, -0.1) is 0 Å². The van der Waals surface area contributed by atoms with Gasteiger partial charge in [0.05, 0.1) is 12.5 Å². The summed E-state index contributed by atoms with van der Waals surface area (Å²) in [6.45, 7) is 2.14. The van der Waals surface area contributed by atoms with E-state index < -0.39 is 6.10 Å². The number of aromatic nitrogens is 1. The van der Waals surface area contributed by atoms with Crippen molar-refractivity contribution >= 4 is 11.6 Å². The molecule has 1 amide bonds. The molecule has 5 heteroatoms. The Morgan fingerprint density at radius 3 is 2.20 bits per heavy atom. The lowest BCUT2D eigenvalue weighted by Crippen LogP contribution is -2.30. The first kappa shape index (κ1) is 24.3. The average molecular weight is 466 g/mol. The number of hydrogen-bond acceptors (Lipinski definition) is 4. The molecule has 0 aliphatic carbocycles. The van der Waals surface area contributed by atoms with Crippen LogP contribution in [0.3, 0.4) is 0 Å². The van der Waals surface area contributed by atoms with E-state index in [1.807, 2.05) is 91.0 Å². The van der Waals surface area contributed by atoms with Crippen LogP contribution in [0.2, 0.25) is 0 Å². The summed E-state index contributed by atoms with van der Waals surface area (Å²) in [6.07, 6.45) is 2.24. The number of amides is 1. The van der Waals surface area contributed by atoms with Gasteiger partial charge in [0, 0.05) is 37.2 Å². The second-order valence-corrected chi connectivity index (χ2v) is 8.64. The van der Waals surface area contributed by atoms with Crippen molar-refractivity contribution in [2.45, 2.75) is 25.5 Å². The number of nitrogens with zero attached hydrogens (tertiary/aromatic N) is 2. The molecule has 0 spiro atoms. The zero-order valence-electron chi connectivity index (χ0n) is 19.8. The van der Waals surface area contributed by atoms with E-state index in [4.69, 9.17) is 0 Å². The molecule has 0 aliphatic rings. The van der Waals surface area contributed by atoms with Gasteiger partial charge in [-0.25, -0.2) is 0 Å². The van der Waals surface area contributed by atoms with E-state index in [0.29, 0.717) is 6.54 Å². The Labute approximate surface area is 207 Å². The average Bonchev–Trinajstić information content (AvgIpc) is 2.90. The molecule has 4 aromatic rings. The van der Waals surface area contributed by atoms with Gasteiger partial charge in [0.2, 0.25) is 5.91 Å². The second kappa shape index (κ2) is 12.6. The van der Waals surface area contributed by atoms with Crippen LogP contribution in [0, 0.1) is 0 Å². The molecule has 4 rings (SSSR count). The maximum atomic E-state index is 12.3. The normalized spacial score (nSPS) is 11.8. The highest BCUT2D eigenvalue weighted by Gasteiger charge is 2.14. The molecule has 0 radical (unpaired) electrons. The molecule has 178 valence electrons. The van der Waals surface area contributed by atoms with Crippen LogP contribution >= 0.6 is 0 Å². The Bertz CT molecular complexity index is 1170. The topological polar surface area (TPSA) is 65.5 Å². The molecule has 0 bridgehead atoms. The van der Waals surface area contributed by atoms with Gasteiger partial charge in [-0.3, -0.25) is 14.7 Å². The quantitative estimate of drug-likeness (QED) is 0.326. The molecule has 0 saturated heterocycles. The van der Waals surface area contributed by atoms with Gasteiger partial charge in [-0.1, -0.05) is 78.9 Å². The molecule has 3 aromatic carbocycles. The predicted octanol–water partition coefficient (Wildman–Crippen LogP) is 5.04. The second-order valence-electron chi connectivity index (χ2n) is 8.64. The Morgan fingerprint density at radius 1 is 0.829 bits per heavy atom. The van der Waals surface area contributed by atoms with Gasteiger partial charge in [-0.2, -0.15) is 0 Å². The van der Waals surface area contributed by atoms with Crippen molar-refractivity contribution in [3.8, 4) is 0 Å². The van der Waals surface area contributed by atoms with Gasteiger partial charge in [0.15, 0.2) is 0 Å². The van der Waals surface area contributed by atoms with Crippen LogP contribution in [-0.2, 0) is 24.2 Å². The van der Waals surface area contributed by atoms with Gasteiger partial charge in [0.25, 0.3) is 0 Å². The van der Waals surface area contributed by atoms with E-state index in [1.54, 1.807) is 6.20 Å². The van der Waals surface area contributed by atoms with Gasteiger partial charge in [0.1, 0.15) is 0 Å². The van der Waals surface area contributed by atoms with Crippen LogP contribution < -0.4 is 5.32 Å². The summed E-state index contributed by atoms with van der Waals surface area (Å²) < 4.78 is 0. The summed E-state index contributed by atoms with van der Waals surface area (Å²) in [6, 6.07) is 33.7. The Balaban J connectivity index is 1.34. The number of anilines is 1. The first-order valence-electron chi connectivity index (χ1n) is 11.9. The van der Waals surface area contributed by atoms with E-state index in [2.05, 4.69) is 27.3 Å². The highest BCUT2D eigenvalue weighted by Crippen LogP contribution is 2.17. The number of aliphatic hydroxyl groups excluding tert-OH is 1. The molecule has 1 aromatic heterocycles. The molecule has 0 saturated carbocycles. The molecule has 2 N–H and O–H groups in total. The summed E-state index contributed by atoms with van der Waals surface area (Å²) >= 11 is 0. The van der Waals surface area contributed by atoms with Crippen molar-refractivity contribution in [1.82, 2.24) is 9.88 Å². The molecule has 35 heavy (non-hydrogen) atoms. The molecule has 0 fully saturated rings. The molecular formula is C30H31N3O2. The molecular weight excluding hydrogens is 434 g/mol. The number of pyridine rings is 1. The fourth-order valence-electron chi connectivity index (χ4n) is 4.02. The van der Waals surface area contributed by atoms with Crippen LogP contribution in [0.4, 0.5) is 5.69 Å². The summed E-state index contributed by atoms with van der Waals surface area (Å²) in [4.78, 5) is 18.8. The van der Waals surface area contributed by atoms with Crippen molar-refractivity contribution in [2.75, 3.05) is 18.4 Å². The third kappa shape index (κ3) is 7.88. The van der Waals surface area contributed by atoms with Crippen molar-refractivity contribution in [1.29, 1.82) is 0 Å². The monoisotopic (exact) mass is 465 g/mol. The maximum Gasteiger partial charge on any atom is 0.230 e. The molecule has 5 nitrogen and oxygen atoms in total. The zero-order chi connectivity index (χ0) is 24.3. The van der Waals surface area contributed by atoms with Crippen LogP contribution in [0.5, 0.6) is 0 Å². The lowest BCUT2D eigenvalue weighted by molar-refractivity contribution is -0.115. The summed E-state index contributed by atoms with van der Waals surface area (Å²) in [7, 11) is 0. The highest BCUT2D eigenvalue weighted by atomic mass is 16.3. The van der Waals surface area contributed by atoms with Crippen molar-refractivity contribution in [3.05, 3.63) is 132 Å². The number of rotatable bonds is 11. The largest absolute Gasteiger partial charge is 0.387 e. The van der Waals surface area contributed by atoms with Crippen LogP contribution in [0.1, 0.15) is 28.5 Å². The van der Waals surface area contributed by atoms with E-state index in [-0.39, 0.29) is 12.3 Å². The number of aliphatic hydroxyl groups is 1. The summed E-state index contributed by atoms with van der Waals surface area (Å²) in [5.41, 5.74) is 4.85. The van der Waals surface area contributed by atoms with E-state index in [1.165, 1.54) is 11.1 Å². The first-order valence-corrected chi connectivity index (χ1v) is 11.9. The third-order valence-corrected chi connectivity index (χ3v) is 5.89. The SMILES string of the molecule is O=C(Cc1ccccn1)Nc1ccc(CCN(Cc2ccccc2)C[C@H](O)c2ccccc2)cc1. The first-order chi connectivity index (χ1) is 17.2. The van der Waals surface area contributed by atoms with E-state index in [0.717, 1.165) is 36.5 Å². The van der Waals surface area contributed by atoms with Crippen LogP contribution in [0.15, 0.2) is 109 Å². The number of carbonyl (C=O) groups is 1. The van der Waals surface area contributed by atoms with E-state index in [9.17, 15) is 9.90 Å². The fourth-order valence-corrected chi connectivity index (χ4v) is 4.02. The molecule has 0 aliphatic heterocycles. The van der Waals surface area contributed by atoms with Crippen molar-refractivity contribution in [2.24, 2.45) is 0 Å². The van der Waals surface area contributed by atoms with Crippen molar-refractivity contribution in [3.63, 3.8) is 0 Å². The fraction of sp³-hybridized carbons (Fsp3) is 0.200. The van der Waals surface area contributed by atoms with Gasteiger partial charge >= 0.3 is 0 Å². The Kier molecular flexibility index (Phi) is 8.76. The summed E-state index contributed by atoms with van der Waals surface area (Å²) in [5, 5.41) is 13.7. The highest BCUT2D eigenvalue weighted by molar-refractivity contribution is 5.92. The number of benzene rings is 3. The molecule has 1 heterocycles. The standard InChI is InChI=1S/C30H31N3O2/c34-29(26-11-5-2-6-12-26)23-33(22-25-9-3-1-4-10-25)20-18-24-14-16-27(17-15-24)32-30(35)21-28-13-7-8-19-31-28/h1-17,19,29,34H,18,20-23H2,(H,32,35)/t29-/m0/s1. The molecule has 1 atom stereocenters. The van der Waals surface area contributed by atoms with Gasteiger partial charge < -0.3 is 10.4 Å². The molecule has 0 unspecified atom stereocenters. The lowest BCUT2D eigenvalue weighted by atomic mass is 10.1.